The summed E-state index contributed by atoms with van der Waals surface area (Å²) < 4.78 is 9.91. The number of rotatable bonds is 21. The van der Waals surface area contributed by atoms with Crippen LogP contribution in [0.1, 0.15) is 146 Å². The fraction of sp³-hybridized carbons (Fsp3) is 0.172. The highest BCUT2D eigenvalue weighted by molar-refractivity contribution is 7.26. The van der Waals surface area contributed by atoms with E-state index < -0.39 is 0 Å². The summed E-state index contributed by atoms with van der Waals surface area (Å²) in [6.45, 7) is 28.1. The number of benzene rings is 16. The number of carbonyl (C=O) groups is 2. The molecule has 0 N–H and O–H groups in total. The number of ether oxygens (including phenoxy) is 2. The van der Waals surface area contributed by atoms with Gasteiger partial charge in [-0.25, -0.2) is 0 Å². The van der Waals surface area contributed by atoms with Gasteiger partial charge in [-0.05, 0) is 328 Å². The summed E-state index contributed by atoms with van der Waals surface area (Å²) in [5.74, 6) is -0.406. The highest BCUT2D eigenvalue weighted by Crippen LogP contribution is 2.59. The third-order valence-electron chi connectivity index (χ3n) is 30.0. The molecule has 666 valence electrons. The Kier molecular flexibility index (Phi) is 21.6. The Hall–Kier alpha value is -14.5. The topological polar surface area (TPSA) is 59.1 Å². The number of thiophene rings is 2. The van der Waals surface area contributed by atoms with Crippen LogP contribution in [-0.2, 0) is 53.6 Å². The molecule has 22 rings (SSSR count). The summed E-state index contributed by atoms with van der Waals surface area (Å²) in [6.07, 6.45) is 1.96. The maximum absolute atomic E-state index is 12.1. The zero-order valence-electron chi connectivity index (χ0n) is 79.7. The van der Waals surface area contributed by atoms with Crippen LogP contribution in [0.5, 0.6) is 0 Å². The van der Waals surface area contributed by atoms with Gasteiger partial charge in [-0.15, -0.1) is 22.7 Å². The summed E-state index contributed by atoms with van der Waals surface area (Å²) in [7, 11) is 2.89. The summed E-state index contributed by atoms with van der Waals surface area (Å²) in [5.41, 5.74) is 50.3. The van der Waals surface area contributed by atoms with Crippen molar-refractivity contribution in [3.8, 4) is 142 Å². The fourth-order valence-electron chi connectivity index (χ4n) is 22.4. The molecule has 4 aliphatic carbocycles. The first-order chi connectivity index (χ1) is 65.7. The Bertz CT molecular complexity index is 7390. The average Bonchev–Trinajstić information content (AvgIpc) is 1.43. The minimum atomic E-state index is -0.374. The third-order valence-corrected chi connectivity index (χ3v) is 32.6. The van der Waals surface area contributed by atoms with E-state index in [1.54, 1.807) is 0 Å². The van der Waals surface area contributed by atoms with Crippen LogP contribution in [0.25, 0.3) is 142 Å². The van der Waals surface area contributed by atoms with E-state index in [0.717, 1.165) is 67.5 Å². The van der Waals surface area contributed by atoms with Gasteiger partial charge in [0.15, 0.2) is 0 Å². The van der Waals surface area contributed by atoms with Crippen LogP contribution in [0.3, 0.4) is 0 Å². The Labute approximate surface area is 807 Å². The van der Waals surface area contributed by atoms with Crippen molar-refractivity contribution in [2.45, 2.75) is 130 Å². The number of esters is 2. The lowest BCUT2D eigenvalue weighted by Crippen LogP contribution is -2.16. The molecule has 6 nitrogen and oxygen atoms in total. The zero-order chi connectivity index (χ0) is 93.5. The molecule has 8 heteroatoms. The molecule has 0 bridgehead atoms. The number of aryl methyl sites for hydroxylation is 6. The number of carbonyl (C=O) groups excluding carboxylic acids is 2. The molecule has 4 aliphatic rings. The van der Waals surface area contributed by atoms with Crippen LogP contribution in [0, 0.1) is 27.7 Å². The first-order valence-electron chi connectivity index (χ1n) is 47.6. The van der Waals surface area contributed by atoms with Gasteiger partial charge < -0.3 is 19.3 Å². The van der Waals surface area contributed by atoms with Crippen LogP contribution in [-0.4, -0.2) is 26.2 Å². The van der Waals surface area contributed by atoms with E-state index >= 15 is 0 Å². The fourth-order valence-corrected chi connectivity index (χ4v) is 24.8. The smallest absolute Gasteiger partial charge is 0.305 e. The zero-order valence-corrected chi connectivity index (χ0v) is 81.3. The first kappa shape index (κ1) is 86.8. The molecule has 18 aromatic rings. The molecule has 0 aliphatic heterocycles. The van der Waals surface area contributed by atoms with Gasteiger partial charge >= 0.3 is 11.9 Å². The first-order valence-corrected chi connectivity index (χ1v) is 49.2. The van der Waals surface area contributed by atoms with Crippen LogP contribution >= 0.6 is 22.7 Å². The molecule has 0 fully saturated rings. The molecule has 0 saturated heterocycles. The van der Waals surface area contributed by atoms with Crippen LogP contribution < -0.4 is 9.80 Å². The average molecular weight is 1800 g/mol. The summed E-state index contributed by atoms with van der Waals surface area (Å²) in [5, 5.41) is 0. The van der Waals surface area contributed by atoms with E-state index in [1.807, 2.05) is 22.7 Å². The van der Waals surface area contributed by atoms with Gasteiger partial charge in [-0.3, -0.25) is 9.59 Å². The lowest BCUT2D eigenvalue weighted by molar-refractivity contribution is -0.141. The molecule has 136 heavy (non-hydrogen) atoms. The van der Waals surface area contributed by atoms with Crippen LogP contribution in [0.15, 0.2) is 352 Å². The Morgan fingerprint density at radius 2 is 0.493 bits per heavy atom. The molecule has 0 amide bonds. The number of methoxy groups -OCH3 is 2. The van der Waals surface area contributed by atoms with E-state index in [9.17, 15) is 9.59 Å². The predicted octanol–water partition coefficient (Wildman–Crippen LogP) is 34.4. The molecule has 2 heterocycles. The number of fused-ring (bicyclic) bond motifs is 12. The van der Waals surface area contributed by atoms with E-state index in [1.165, 1.54) is 201 Å². The monoisotopic (exact) mass is 1800 g/mol. The molecular formula is C128H108N2O4S2. The second-order valence-corrected chi connectivity index (χ2v) is 41.9. The van der Waals surface area contributed by atoms with E-state index in [4.69, 9.17) is 9.47 Å². The SMILES string of the molecule is COC(=O)CCc1ccc(-c2ccc(N(c3ccc(-c4ccc5c(c4)C(C)(C)c4ccccc4-5)cc3)c3ccc4c(c3)C(C)(C)c3cc(-c5sc(-c6cc(-c7ccc(C)cc7C)c(-c7ccc8c(c7)C(C)(C)c7cc(N(c9ccc(-c%10ccc(CCC(=O)OC)cc%10)cc9)c9ccc(-c%10ccc%11c(c%10)C(C)(C)c%10ccccc%10-%11)cc9)ccc7-8)s6)cc5-c5ccc(C)cc5C)ccc3-4)cc2)cc1. The molecule has 0 atom stereocenters. The molecule has 0 radical (unpaired) electrons. The maximum atomic E-state index is 12.1. The van der Waals surface area contributed by atoms with Gasteiger partial charge in [0.05, 0.1) is 14.2 Å². The predicted molar refractivity (Wildman–Crippen MR) is 570 cm³/mol. The Morgan fingerprint density at radius 3 is 0.816 bits per heavy atom. The van der Waals surface area contributed by atoms with Gasteiger partial charge in [0, 0.05) is 99.3 Å². The number of anilines is 6. The number of hydrogen-bond acceptors (Lipinski definition) is 8. The van der Waals surface area contributed by atoms with Crippen molar-refractivity contribution >= 4 is 68.7 Å². The normalized spacial score (nSPS) is 13.8. The maximum Gasteiger partial charge on any atom is 0.305 e. The second-order valence-electron chi connectivity index (χ2n) is 39.8. The van der Waals surface area contributed by atoms with E-state index in [2.05, 4.69) is 445 Å². The van der Waals surface area contributed by atoms with Crippen LogP contribution in [0.2, 0.25) is 0 Å². The van der Waals surface area contributed by atoms with Gasteiger partial charge in [-0.2, -0.15) is 0 Å². The minimum Gasteiger partial charge on any atom is -0.469 e. The van der Waals surface area contributed by atoms with Gasteiger partial charge in [0.1, 0.15) is 0 Å². The molecular weight excluding hydrogens is 1690 g/mol. The van der Waals surface area contributed by atoms with Crippen molar-refractivity contribution in [1.29, 1.82) is 0 Å². The van der Waals surface area contributed by atoms with Crippen molar-refractivity contribution in [2.24, 2.45) is 0 Å². The van der Waals surface area contributed by atoms with Crippen molar-refractivity contribution in [3.05, 3.63) is 430 Å². The molecule has 2 aromatic heterocycles. The Balaban J connectivity index is 0.598. The highest BCUT2D eigenvalue weighted by Gasteiger charge is 2.42. The second kappa shape index (κ2) is 33.8. The van der Waals surface area contributed by atoms with Crippen molar-refractivity contribution in [2.75, 3.05) is 24.0 Å². The minimum absolute atomic E-state index is 0.110. The summed E-state index contributed by atoms with van der Waals surface area (Å²) in [6, 6.07) is 133. The Morgan fingerprint density at radius 1 is 0.243 bits per heavy atom. The third kappa shape index (κ3) is 15.1. The highest BCUT2D eigenvalue weighted by atomic mass is 32.1. The van der Waals surface area contributed by atoms with E-state index in [-0.39, 0.29) is 33.6 Å². The molecule has 0 saturated carbocycles. The van der Waals surface area contributed by atoms with Gasteiger partial charge in [0.2, 0.25) is 0 Å². The molecule has 0 spiro atoms. The molecule has 16 aromatic carbocycles. The summed E-state index contributed by atoms with van der Waals surface area (Å²) >= 11 is 3.83. The molecule has 0 unspecified atom stereocenters. The largest absolute Gasteiger partial charge is 0.469 e. The van der Waals surface area contributed by atoms with Crippen molar-refractivity contribution in [1.82, 2.24) is 0 Å². The van der Waals surface area contributed by atoms with Crippen molar-refractivity contribution in [3.63, 3.8) is 0 Å². The van der Waals surface area contributed by atoms with Crippen molar-refractivity contribution < 1.29 is 19.1 Å². The standard InChI is InChI=1S/C128H108N2O4S2/c1-77-23-57-99(79(3)67-77)109-75-119(135-123(109)91-45-61-105-107-63-55-97(73-117(107)127(9,10)115(105)71-91)129(93-47-35-85(36-48-93)83-31-25-81(26-32-83)29-65-121(131)133-13)95-51-39-87(40-52-95)89-43-59-103-101-19-15-17-21-111(101)125(5,6)113(103)69-89)120-76-110(100-58-24-78(2)68-80(100)4)124(136-120)92-46-62-106-108-64-56-98(74-118(108)128(11,12)116(106)72-92)130(94-49-37-86(38-50-94)84-33-27-82(28-34-84)30-66-122(132)134-14)96-53-41-88(42-54-96)90-44-60-104-102-20-16-18-22-112(102)126(7,8)114(104)70-90/h15-28,31-64,67-76H,29-30,65-66H2,1-14H3. The summed E-state index contributed by atoms with van der Waals surface area (Å²) in [4.78, 5) is 34.0. The quantitative estimate of drug-likeness (QED) is 0.0668. The van der Waals surface area contributed by atoms with Gasteiger partial charge in [0.25, 0.3) is 0 Å². The number of nitrogens with zero attached hydrogens (tertiary/aromatic N) is 2. The lowest BCUT2D eigenvalue weighted by Gasteiger charge is -2.28. The van der Waals surface area contributed by atoms with Gasteiger partial charge in [-0.1, -0.05) is 309 Å². The van der Waals surface area contributed by atoms with E-state index in [0.29, 0.717) is 25.7 Å². The number of hydrogen-bond donors (Lipinski definition) is 0. The lowest BCUT2D eigenvalue weighted by atomic mass is 9.81. The van der Waals surface area contributed by atoms with Crippen LogP contribution in [0.4, 0.5) is 34.1 Å².